The molecule has 0 aliphatic rings. The fourth-order valence-corrected chi connectivity index (χ4v) is 2.75. The maximum absolute atomic E-state index is 12.6. The molecule has 30 heavy (non-hydrogen) atoms. The summed E-state index contributed by atoms with van der Waals surface area (Å²) in [7, 11) is 1.43. The molecule has 2 N–H and O–H groups in total. The Balaban J connectivity index is 1.92. The number of nitriles is 1. The fourth-order valence-electron chi connectivity index (χ4n) is 2.75. The summed E-state index contributed by atoms with van der Waals surface area (Å²) in [5, 5.41) is 14.2. The van der Waals surface area contributed by atoms with E-state index in [-0.39, 0.29) is 50.1 Å². The van der Waals surface area contributed by atoms with E-state index in [1.54, 1.807) is 36.4 Å². The first-order chi connectivity index (χ1) is 14.5. The second-order valence-corrected chi connectivity index (χ2v) is 6.40. The third-order valence-corrected chi connectivity index (χ3v) is 4.09. The van der Waals surface area contributed by atoms with E-state index >= 15 is 0 Å². The second kappa shape index (κ2) is 12.0. The van der Waals surface area contributed by atoms with Gasteiger partial charge in [-0.1, -0.05) is 24.3 Å². The van der Waals surface area contributed by atoms with E-state index in [1.807, 2.05) is 24.3 Å². The van der Waals surface area contributed by atoms with Crippen LogP contribution in [0.5, 0.6) is 0 Å². The number of hydrogen-bond donors (Lipinski definition) is 2. The van der Waals surface area contributed by atoms with Gasteiger partial charge in [0.1, 0.15) is 6.61 Å². The van der Waals surface area contributed by atoms with Crippen molar-refractivity contribution in [3.63, 3.8) is 0 Å². The largest absolute Gasteiger partial charge is 0.375 e. The zero-order valence-electron chi connectivity index (χ0n) is 16.8. The molecule has 156 valence electrons. The zero-order chi connectivity index (χ0) is 21.8. The lowest BCUT2D eigenvalue weighted by molar-refractivity contribution is -0.122. The monoisotopic (exact) mass is 408 g/mol. The summed E-state index contributed by atoms with van der Waals surface area (Å²) in [5.74, 6) is -0.853. The molecule has 8 nitrogen and oxygen atoms in total. The van der Waals surface area contributed by atoms with Crippen molar-refractivity contribution in [2.24, 2.45) is 0 Å². The van der Waals surface area contributed by atoms with Crippen LogP contribution in [-0.4, -0.2) is 38.0 Å². The summed E-state index contributed by atoms with van der Waals surface area (Å²) < 4.78 is 4.77. The van der Waals surface area contributed by atoms with E-state index < -0.39 is 0 Å². The number of hydrogen-bond acceptors (Lipinski definition) is 5. The lowest BCUT2D eigenvalue weighted by Gasteiger charge is -2.21. The molecule has 0 heterocycles. The number of para-hydroxylation sites is 1. The highest BCUT2D eigenvalue weighted by Crippen LogP contribution is 2.17. The first-order valence-corrected chi connectivity index (χ1v) is 9.44. The van der Waals surface area contributed by atoms with Crippen LogP contribution in [0.2, 0.25) is 0 Å². The number of carbonyl (C=O) groups is 3. The minimum Gasteiger partial charge on any atom is -0.375 e. The van der Waals surface area contributed by atoms with Crippen molar-refractivity contribution in [2.75, 3.05) is 35.8 Å². The summed E-state index contributed by atoms with van der Waals surface area (Å²) in [5.41, 5.74) is 1.72. The average molecular weight is 408 g/mol. The lowest BCUT2D eigenvalue weighted by Crippen LogP contribution is -2.32. The van der Waals surface area contributed by atoms with Crippen molar-refractivity contribution < 1.29 is 19.1 Å². The molecule has 0 atom stereocenters. The smallest absolute Gasteiger partial charge is 0.250 e. The summed E-state index contributed by atoms with van der Waals surface area (Å²) >= 11 is 0. The Kier molecular flexibility index (Phi) is 9.03. The van der Waals surface area contributed by atoms with Crippen LogP contribution in [0.25, 0.3) is 0 Å². The summed E-state index contributed by atoms with van der Waals surface area (Å²) in [4.78, 5) is 38.0. The molecule has 2 aromatic rings. The van der Waals surface area contributed by atoms with Crippen LogP contribution in [0.3, 0.4) is 0 Å². The van der Waals surface area contributed by atoms with Gasteiger partial charge < -0.3 is 20.3 Å². The quantitative estimate of drug-likeness (QED) is 0.628. The SMILES string of the molecule is COCC(=O)Nc1cccc(NC(=O)CCC(=O)N(CCC#N)c2ccccc2)c1. The van der Waals surface area contributed by atoms with Gasteiger partial charge in [0, 0.05) is 43.6 Å². The van der Waals surface area contributed by atoms with E-state index in [0.717, 1.165) is 0 Å². The van der Waals surface area contributed by atoms with Crippen LogP contribution < -0.4 is 15.5 Å². The molecular weight excluding hydrogens is 384 g/mol. The fraction of sp³-hybridized carbons (Fsp3) is 0.273. The molecule has 0 saturated carbocycles. The van der Waals surface area contributed by atoms with Crippen LogP contribution in [0.15, 0.2) is 54.6 Å². The topological polar surface area (TPSA) is 112 Å². The molecule has 0 spiro atoms. The predicted octanol–water partition coefficient (Wildman–Crippen LogP) is 2.94. The molecule has 2 rings (SSSR count). The normalized spacial score (nSPS) is 10.0. The standard InChI is InChI=1S/C22H24N4O4/c1-30-16-21(28)25-18-8-5-7-17(15-18)24-20(27)11-12-22(29)26(14-6-13-23)19-9-3-2-4-10-19/h2-5,7-10,15H,6,11-12,14,16H2,1H3,(H,24,27)(H,25,28). The predicted molar refractivity (Wildman–Crippen MR) is 114 cm³/mol. The molecule has 2 aromatic carbocycles. The van der Waals surface area contributed by atoms with Crippen molar-refractivity contribution in [3.8, 4) is 6.07 Å². The number of benzene rings is 2. The molecule has 0 bridgehead atoms. The lowest BCUT2D eigenvalue weighted by atomic mass is 10.2. The molecule has 0 fully saturated rings. The van der Waals surface area contributed by atoms with Gasteiger partial charge in [0.25, 0.3) is 0 Å². The summed E-state index contributed by atoms with van der Waals surface area (Å²) in [6.45, 7) is 0.201. The third-order valence-electron chi connectivity index (χ3n) is 4.09. The van der Waals surface area contributed by atoms with Gasteiger partial charge in [-0.15, -0.1) is 0 Å². The van der Waals surface area contributed by atoms with Crippen LogP contribution in [0, 0.1) is 11.3 Å². The Bertz CT molecular complexity index is 909. The average Bonchev–Trinajstić information content (AvgIpc) is 2.73. The van der Waals surface area contributed by atoms with Crippen LogP contribution in [0.1, 0.15) is 19.3 Å². The van der Waals surface area contributed by atoms with Gasteiger partial charge in [0.15, 0.2) is 0 Å². The van der Waals surface area contributed by atoms with Gasteiger partial charge in [-0.2, -0.15) is 5.26 Å². The minimum atomic E-state index is -0.322. The molecule has 0 unspecified atom stereocenters. The highest BCUT2D eigenvalue weighted by atomic mass is 16.5. The van der Waals surface area contributed by atoms with Gasteiger partial charge in [0.05, 0.1) is 12.5 Å². The van der Waals surface area contributed by atoms with Crippen molar-refractivity contribution in [1.82, 2.24) is 0 Å². The first kappa shape index (κ1) is 22.6. The molecular formula is C22H24N4O4. The summed E-state index contributed by atoms with van der Waals surface area (Å²) in [6.07, 6.45) is 0.208. The van der Waals surface area contributed by atoms with E-state index in [2.05, 4.69) is 10.6 Å². The van der Waals surface area contributed by atoms with Gasteiger partial charge in [0.2, 0.25) is 17.7 Å². The van der Waals surface area contributed by atoms with Crippen LogP contribution in [-0.2, 0) is 19.1 Å². The van der Waals surface area contributed by atoms with Gasteiger partial charge in [-0.25, -0.2) is 0 Å². The number of amides is 3. The first-order valence-electron chi connectivity index (χ1n) is 9.44. The van der Waals surface area contributed by atoms with Gasteiger partial charge in [-0.3, -0.25) is 14.4 Å². The molecule has 0 aromatic heterocycles. The van der Waals surface area contributed by atoms with Crippen LogP contribution >= 0.6 is 0 Å². The number of carbonyl (C=O) groups excluding carboxylic acids is 3. The molecule has 8 heteroatoms. The minimum absolute atomic E-state index is 0.00498. The number of rotatable bonds is 10. The number of anilines is 3. The maximum atomic E-state index is 12.6. The molecule has 0 aliphatic carbocycles. The molecule has 0 saturated heterocycles. The zero-order valence-corrected chi connectivity index (χ0v) is 16.8. The Morgan fingerprint density at radius 1 is 0.967 bits per heavy atom. The highest BCUT2D eigenvalue weighted by Gasteiger charge is 2.17. The Morgan fingerprint density at radius 3 is 2.27 bits per heavy atom. The second-order valence-electron chi connectivity index (χ2n) is 6.40. The van der Waals surface area contributed by atoms with E-state index in [4.69, 9.17) is 10.00 Å². The third kappa shape index (κ3) is 7.37. The van der Waals surface area contributed by atoms with Gasteiger partial charge >= 0.3 is 0 Å². The summed E-state index contributed by atoms with van der Waals surface area (Å²) in [6, 6.07) is 17.8. The highest BCUT2D eigenvalue weighted by molar-refractivity contribution is 5.98. The van der Waals surface area contributed by atoms with Crippen molar-refractivity contribution >= 4 is 34.8 Å². The van der Waals surface area contributed by atoms with Crippen molar-refractivity contribution in [3.05, 3.63) is 54.6 Å². The van der Waals surface area contributed by atoms with E-state index in [1.165, 1.54) is 12.0 Å². The molecule has 0 aliphatic heterocycles. The number of ether oxygens (including phenoxy) is 1. The van der Waals surface area contributed by atoms with Crippen molar-refractivity contribution in [2.45, 2.75) is 19.3 Å². The maximum Gasteiger partial charge on any atom is 0.250 e. The number of nitrogens with zero attached hydrogens (tertiary/aromatic N) is 2. The Morgan fingerprint density at radius 2 is 1.63 bits per heavy atom. The molecule has 3 amide bonds. The molecule has 0 radical (unpaired) electrons. The number of nitrogens with one attached hydrogen (secondary N) is 2. The van der Waals surface area contributed by atoms with Gasteiger partial charge in [-0.05, 0) is 30.3 Å². The van der Waals surface area contributed by atoms with E-state index in [9.17, 15) is 14.4 Å². The van der Waals surface area contributed by atoms with E-state index in [0.29, 0.717) is 17.1 Å². The van der Waals surface area contributed by atoms with Crippen molar-refractivity contribution in [1.29, 1.82) is 5.26 Å². The Hall–Kier alpha value is -3.70. The number of methoxy groups -OCH3 is 1. The Labute approximate surface area is 175 Å². The van der Waals surface area contributed by atoms with Crippen LogP contribution in [0.4, 0.5) is 17.1 Å².